The van der Waals surface area contributed by atoms with Crippen molar-refractivity contribution < 1.29 is 19.2 Å². The number of benzene rings is 1. The summed E-state index contributed by atoms with van der Waals surface area (Å²) >= 11 is 0. The molecular weight excluding hydrogens is 255 g/mol. The van der Waals surface area contributed by atoms with E-state index in [1.54, 1.807) is 4.90 Å². The van der Waals surface area contributed by atoms with Gasteiger partial charge in [0.1, 0.15) is 6.17 Å². The number of nitro groups is 1. The molecule has 1 aromatic carbocycles. The van der Waals surface area contributed by atoms with E-state index in [0.717, 1.165) is 6.07 Å². The third-order valence-electron chi connectivity index (χ3n) is 3.19. The van der Waals surface area contributed by atoms with Gasteiger partial charge in [-0.15, -0.1) is 0 Å². The van der Waals surface area contributed by atoms with Crippen LogP contribution >= 0.6 is 0 Å². The molecule has 1 aliphatic heterocycles. The molecule has 0 unspecified atom stereocenters. The van der Waals surface area contributed by atoms with E-state index in [4.69, 9.17) is 5.11 Å². The van der Waals surface area contributed by atoms with Gasteiger partial charge in [0, 0.05) is 25.2 Å². The molecular formula is C12H13FN2O4. The lowest BCUT2D eigenvalue weighted by atomic mass is 10.1. The quantitative estimate of drug-likeness (QED) is 0.671. The Morgan fingerprint density at radius 1 is 1.42 bits per heavy atom. The molecule has 0 amide bonds. The van der Waals surface area contributed by atoms with Gasteiger partial charge in [-0.3, -0.25) is 10.1 Å². The standard InChI is InChI=1S/C12H13FN2O4/c13-8-3-5-14(6-4-8)11-2-1-9(15(18)19)7-10(11)12(16)17/h1-2,7-8H,3-6H2,(H,16,17). The largest absolute Gasteiger partial charge is 0.478 e. The lowest BCUT2D eigenvalue weighted by Crippen LogP contribution is -2.35. The fourth-order valence-electron chi connectivity index (χ4n) is 2.17. The highest BCUT2D eigenvalue weighted by Gasteiger charge is 2.24. The van der Waals surface area contributed by atoms with Gasteiger partial charge in [0.25, 0.3) is 5.69 Å². The first kappa shape index (κ1) is 13.3. The number of carboxylic acids is 1. The van der Waals surface area contributed by atoms with E-state index in [9.17, 15) is 19.3 Å². The van der Waals surface area contributed by atoms with Crippen molar-refractivity contribution in [3.8, 4) is 0 Å². The van der Waals surface area contributed by atoms with Crippen LogP contribution in [-0.4, -0.2) is 35.3 Å². The Balaban J connectivity index is 2.34. The molecule has 2 rings (SSSR count). The number of alkyl halides is 1. The van der Waals surface area contributed by atoms with E-state index >= 15 is 0 Å². The summed E-state index contributed by atoms with van der Waals surface area (Å²) in [5.41, 5.74) is 0.0260. The summed E-state index contributed by atoms with van der Waals surface area (Å²) in [6, 6.07) is 3.72. The molecule has 19 heavy (non-hydrogen) atoms. The van der Waals surface area contributed by atoms with Crippen LogP contribution in [0.4, 0.5) is 15.8 Å². The van der Waals surface area contributed by atoms with Crippen LogP contribution in [-0.2, 0) is 0 Å². The second kappa shape index (κ2) is 5.21. The summed E-state index contributed by atoms with van der Waals surface area (Å²) < 4.78 is 13.1. The molecule has 0 atom stereocenters. The van der Waals surface area contributed by atoms with E-state index in [0.29, 0.717) is 31.6 Å². The number of nitro benzene ring substituents is 1. The topological polar surface area (TPSA) is 83.7 Å². The third kappa shape index (κ3) is 2.81. The van der Waals surface area contributed by atoms with Crippen LogP contribution in [0.1, 0.15) is 23.2 Å². The minimum atomic E-state index is -1.22. The molecule has 0 aliphatic carbocycles. The van der Waals surface area contributed by atoms with Crippen molar-refractivity contribution in [1.82, 2.24) is 0 Å². The van der Waals surface area contributed by atoms with E-state index in [2.05, 4.69) is 0 Å². The van der Waals surface area contributed by atoms with Crippen molar-refractivity contribution in [3.63, 3.8) is 0 Å². The summed E-state index contributed by atoms with van der Waals surface area (Å²) in [7, 11) is 0. The number of non-ortho nitro benzene ring substituents is 1. The van der Waals surface area contributed by atoms with Crippen LogP contribution < -0.4 is 4.90 Å². The highest BCUT2D eigenvalue weighted by molar-refractivity contribution is 5.95. The number of carbonyl (C=O) groups is 1. The van der Waals surface area contributed by atoms with Gasteiger partial charge in [-0.1, -0.05) is 0 Å². The Kier molecular flexibility index (Phi) is 3.64. The number of aromatic carboxylic acids is 1. The number of nitrogens with zero attached hydrogens (tertiary/aromatic N) is 2. The molecule has 6 nitrogen and oxygen atoms in total. The molecule has 0 spiro atoms. The summed E-state index contributed by atoms with van der Waals surface area (Å²) in [4.78, 5) is 23.0. The van der Waals surface area contributed by atoms with Crippen LogP contribution in [0.5, 0.6) is 0 Å². The molecule has 0 saturated carbocycles. The van der Waals surface area contributed by atoms with Crippen LogP contribution in [0.2, 0.25) is 0 Å². The van der Waals surface area contributed by atoms with Crippen LogP contribution in [0.15, 0.2) is 18.2 Å². The number of anilines is 1. The van der Waals surface area contributed by atoms with Gasteiger partial charge in [0.15, 0.2) is 0 Å². The zero-order valence-corrected chi connectivity index (χ0v) is 10.1. The highest BCUT2D eigenvalue weighted by Crippen LogP contribution is 2.28. The molecule has 1 heterocycles. The van der Waals surface area contributed by atoms with Crippen LogP contribution in [0.25, 0.3) is 0 Å². The predicted octanol–water partition coefficient (Wildman–Crippen LogP) is 2.23. The zero-order chi connectivity index (χ0) is 14.0. The Labute approximate surface area is 108 Å². The Hall–Kier alpha value is -2.18. The predicted molar refractivity (Wildman–Crippen MR) is 66.4 cm³/mol. The SMILES string of the molecule is O=C(O)c1cc([N+](=O)[O-])ccc1N1CCC(F)CC1. The molecule has 0 radical (unpaired) electrons. The maximum Gasteiger partial charge on any atom is 0.338 e. The average Bonchev–Trinajstić information content (AvgIpc) is 2.38. The number of halogens is 1. The van der Waals surface area contributed by atoms with Crippen molar-refractivity contribution in [2.75, 3.05) is 18.0 Å². The Morgan fingerprint density at radius 2 is 2.05 bits per heavy atom. The van der Waals surface area contributed by atoms with Gasteiger partial charge >= 0.3 is 5.97 Å². The first-order valence-electron chi connectivity index (χ1n) is 5.90. The van der Waals surface area contributed by atoms with Gasteiger partial charge in [0.05, 0.1) is 16.2 Å². The van der Waals surface area contributed by atoms with Crippen molar-refractivity contribution >= 4 is 17.3 Å². The number of rotatable bonds is 3. The fourth-order valence-corrected chi connectivity index (χ4v) is 2.17. The molecule has 1 N–H and O–H groups in total. The van der Waals surface area contributed by atoms with Gasteiger partial charge in [-0.2, -0.15) is 0 Å². The molecule has 1 fully saturated rings. The lowest BCUT2D eigenvalue weighted by molar-refractivity contribution is -0.384. The summed E-state index contributed by atoms with van der Waals surface area (Å²) in [5.74, 6) is -1.22. The first-order chi connectivity index (χ1) is 8.99. The molecule has 1 aromatic rings. The van der Waals surface area contributed by atoms with Crippen LogP contribution in [0.3, 0.4) is 0 Å². The summed E-state index contributed by atoms with van der Waals surface area (Å²) in [6.45, 7) is 0.832. The molecule has 102 valence electrons. The van der Waals surface area contributed by atoms with E-state index in [1.807, 2.05) is 0 Å². The summed E-state index contributed by atoms with van der Waals surface area (Å²) in [6.07, 6.45) is -0.172. The molecule has 0 aromatic heterocycles. The van der Waals surface area contributed by atoms with E-state index in [-0.39, 0.29) is 11.3 Å². The molecule has 0 bridgehead atoms. The maximum atomic E-state index is 13.1. The van der Waals surface area contributed by atoms with Crippen molar-refractivity contribution in [1.29, 1.82) is 0 Å². The Morgan fingerprint density at radius 3 is 2.58 bits per heavy atom. The van der Waals surface area contributed by atoms with E-state index in [1.165, 1.54) is 12.1 Å². The fraction of sp³-hybridized carbons (Fsp3) is 0.417. The van der Waals surface area contributed by atoms with Gasteiger partial charge in [0.2, 0.25) is 0 Å². The molecule has 1 aliphatic rings. The average molecular weight is 268 g/mol. The van der Waals surface area contributed by atoms with Crippen molar-refractivity contribution in [3.05, 3.63) is 33.9 Å². The summed E-state index contributed by atoms with van der Waals surface area (Å²) in [5, 5.41) is 19.8. The molecule has 7 heteroatoms. The highest BCUT2D eigenvalue weighted by atomic mass is 19.1. The first-order valence-corrected chi connectivity index (χ1v) is 5.90. The van der Waals surface area contributed by atoms with Gasteiger partial charge < -0.3 is 10.0 Å². The Bertz CT molecular complexity index is 512. The molecule has 1 saturated heterocycles. The monoisotopic (exact) mass is 268 g/mol. The minimum absolute atomic E-state index is 0.119. The maximum absolute atomic E-state index is 13.1. The van der Waals surface area contributed by atoms with Gasteiger partial charge in [-0.25, -0.2) is 9.18 Å². The van der Waals surface area contributed by atoms with Crippen molar-refractivity contribution in [2.24, 2.45) is 0 Å². The smallest absolute Gasteiger partial charge is 0.338 e. The zero-order valence-electron chi connectivity index (χ0n) is 10.1. The second-order valence-electron chi connectivity index (χ2n) is 4.43. The number of piperidine rings is 1. The second-order valence-corrected chi connectivity index (χ2v) is 4.43. The number of hydrogen-bond acceptors (Lipinski definition) is 4. The van der Waals surface area contributed by atoms with Gasteiger partial charge in [-0.05, 0) is 18.9 Å². The normalized spacial score (nSPS) is 16.4. The third-order valence-corrected chi connectivity index (χ3v) is 3.19. The van der Waals surface area contributed by atoms with Crippen molar-refractivity contribution in [2.45, 2.75) is 19.0 Å². The minimum Gasteiger partial charge on any atom is -0.478 e. The number of hydrogen-bond donors (Lipinski definition) is 1. The van der Waals surface area contributed by atoms with Crippen LogP contribution in [0, 0.1) is 10.1 Å². The number of carboxylic acid groups (broad SMARTS) is 1. The lowest BCUT2D eigenvalue weighted by Gasteiger charge is -2.31. The van der Waals surface area contributed by atoms with E-state index < -0.39 is 17.1 Å².